The molecule has 3 aliphatic rings. The average Bonchev–Trinajstić information content (AvgIpc) is 3.59. The minimum Gasteiger partial charge on any atom is -0.511 e. The van der Waals surface area contributed by atoms with Crippen molar-refractivity contribution in [1.29, 1.82) is 15.8 Å². The number of aliphatic hydroxyl groups is 1. The summed E-state index contributed by atoms with van der Waals surface area (Å²) in [4.78, 5) is 68.5. The van der Waals surface area contributed by atoms with Gasteiger partial charge in [0.1, 0.15) is 17.3 Å². The third-order valence-corrected chi connectivity index (χ3v) is 10.6. The van der Waals surface area contributed by atoms with E-state index < -0.39 is 5.97 Å². The molecule has 0 saturated heterocycles. The van der Waals surface area contributed by atoms with Crippen molar-refractivity contribution < 1.29 is 43.5 Å². The van der Waals surface area contributed by atoms with Gasteiger partial charge in [0, 0.05) is 44.9 Å². The van der Waals surface area contributed by atoms with Crippen LogP contribution in [0, 0.1) is 50.2 Å². The van der Waals surface area contributed by atoms with Crippen molar-refractivity contribution in [2.24, 2.45) is 16.2 Å². The van der Waals surface area contributed by atoms with Crippen LogP contribution in [0.1, 0.15) is 135 Å². The number of aliphatic hydroxyl groups excluding tert-OH is 1. The zero-order valence-corrected chi connectivity index (χ0v) is 37.0. The molecule has 13 nitrogen and oxygen atoms in total. The molecule has 64 heavy (non-hydrogen) atoms. The molecule has 2 N–H and O–H groups in total. The van der Waals surface area contributed by atoms with Crippen molar-refractivity contribution in [3.05, 3.63) is 135 Å². The van der Waals surface area contributed by atoms with Crippen LogP contribution in [0.5, 0.6) is 0 Å². The topological polar surface area (TPSA) is 240 Å². The summed E-state index contributed by atoms with van der Waals surface area (Å²) < 4.78 is 5.41. The Labute approximate surface area is 373 Å². The number of hydrogen-bond acceptors (Lipinski definition) is 12. The first-order valence-corrected chi connectivity index (χ1v) is 20.7. The van der Waals surface area contributed by atoms with E-state index in [2.05, 4.69) is 25.1 Å². The number of aromatic nitrogens is 1. The SMILES string of the molecule is CC1(C)CC(=O)C(=C(O)Cc2ccc(C#N)cc2)C(=O)C1.CC1(C)CC(=O)CC(=O)C1.CC1(C)CC(=O)c2c(noc2Cc2ccc(C#N)cc2)C1.N#Cc1ccc(CC(=O)O)cc1. The second-order valence-electron chi connectivity index (χ2n) is 18.7. The van der Waals surface area contributed by atoms with Crippen LogP contribution in [-0.4, -0.2) is 50.3 Å². The Balaban J connectivity index is 0.000000196. The molecule has 3 aliphatic carbocycles. The van der Waals surface area contributed by atoms with Gasteiger partial charge in [0.2, 0.25) is 0 Å². The van der Waals surface area contributed by atoms with E-state index in [4.69, 9.17) is 25.4 Å². The molecule has 3 aromatic carbocycles. The first-order chi connectivity index (χ1) is 30.0. The predicted molar refractivity (Wildman–Crippen MR) is 235 cm³/mol. The molecule has 330 valence electrons. The third-order valence-electron chi connectivity index (χ3n) is 10.6. The zero-order chi connectivity index (χ0) is 47.4. The number of benzene rings is 3. The molecule has 0 unspecified atom stereocenters. The standard InChI is InChI=1S/C17H16N2O2.C17H17NO3.C9H7NO2.C8H12O2/c1-17(2)8-13-16(14(20)9-17)15(21-19-13)7-11-3-5-12(10-18)6-4-11;1-17(2)8-14(20)16(15(21)9-17)13(19)7-11-3-5-12(10-18)6-4-11;10-6-8-3-1-7(2-4-8)5-9(11)12;1-8(2)4-6(9)3-7(10)5-8/h3-6H,7-9H2,1-2H3;3-6,19H,7-9H2,1-2H3;1-4H,5H2,(H,11,12);3-5H2,1-2H3. The Morgan fingerprint density at radius 3 is 1.39 bits per heavy atom. The molecular formula is C51H52N4O9. The van der Waals surface area contributed by atoms with Gasteiger partial charge in [-0.2, -0.15) is 15.8 Å². The lowest BCUT2D eigenvalue weighted by atomic mass is 9.73. The van der Waals surface area contributed by atoms with Crippen molar-refractivity contribution >= 4 is 34.9 Å². The molecule has 2 saturated carbocycles. The number of carboxylic acids is 1. The van der Waals surface area contributed by atoms with E-state index in [1.165, 1.54) is 0 Å². The number of Topliss-reactive ketones (excluding diaryl/α,β-unsaturated/α-hetero) is 5. The molecule has 1 aromatic heterocycles. The smallest absolute Gasteiger partial charge is 0.307 e. The normalized spacial score (nSPS) is 16.7. The summed E-state index contributed by atoms with van der Waals surface area (Å²) in [5, 5.41) is 48.6. The minimum atomic E-state index is -0.861. The van der Waals surface area contributed by atoms with E-state index in [-0.39, 0.29) is 88.6 Å². The lowest BCUT2D eigenvalue weighted by Crippen LogP contribution is -2.32. The molecular weight excluding hydrogens is 813 g/mol. The molecule has 0 amide bonds. The molecule has 0 radical (unpaired) electrons. The van der Waals surface area contributed by atoms with Crippen LogP contribution >= 0.6 is 0 Å². The van der Waals surface area contributed by atoms with Crippen molar-refractivity contribution in [1.82, 2.24) is 5.16 Å². The van der Waals surface area contributed by atoms with Crippen LogP contribution in [0.3, 0.4) is 0 Å². The molecule has 0 aliphatic heterocycles. The van der Waals surface area contributed by atoms with Crippen LogP contribution in [0.4, 0.5) is 0 Å². The Bertz CT molecular complexity index is 2530. The summed E-state index contributed by atoms with van der Waals surface area (Å²) in [5.74, 6) is -0.668. The van der Waals surface area contributed by atoms with E-state index in [1.54, 1.807) is 60.7 Å². The monoisotopic (exact) mass is 864 g/mol. The van der Waals surface area contributed by atoms with Gasteiger partial charge in [-0.1, -0.05) is 83.1 Å². The molecule has 4 aromatic rings. The molecule has 0 atom stereocenters. The van der Waals surface area contributed by atoms with Crippen LogP contribution < -0.4 is 0 Å². The number of nitriles is 3. The van der Waals surface area contributed by atoms with Crippen LogP contribution in [0.15, 0.2) is 88.7 Å². The lowest BCUT2D eigenvalue weighted by Gasteiger charge is -2.28. The predicted octanol–water partition coefficient (Wildman–Crippen LogP) is 8.68. The summed E-state index contributed by atoms with van der Waals surface area (Å²) in [7, 11) is 0. The number of carbonyl (C=O) groups excluding carboxylic acids is 5. The maximum absolute atomic E-state index is 12.3. The largest absolute Gasteiger partial charge is 0.511 e. The molecule has 0 bridgehead atoms. The van der Waals surface area contributed by atoms with Gasteiger partial charge in [-0.3, -0.25) is 28.8 Å². The van der Waals surface area contributed by atoms with Crippen molar-refractivity contribution in [3.63, 3.8) is 0 Å². The number of nitrogens with zero attached hydrogens (tertiary/aromatic N) is 4. The Kier molecular flexibility index (Phi) is 16.3. The Hall–Kier alpha value is -7.30. The van der Waals surface area contributed by atoms with E-state index in [0.717, 1.165) is 23.2 Å². The summed E-state index contributed by atoms with van der Waals surface area (Å²) in [6.45, 7) is 11.8. The number of fused-ring (bicyclic) bond motifs is 1. The van der Waals surface area contributed by atoms with Crippen molar-refractivity contribution in [2.45, 2.75) is 106 Å². The van der Waals surface area contributed by atoms with Gasteiger partial charge in [-0.05, 0) is 75.8 Å². The molecule has 1 heterocycles. The fourth-order valence-corrected chi connectivity index (χ4v) is 7.75. The zero-order valence-electron chi connectivity index (χ0n) is 37.0. The van der Waals surface area contributed by atoms with E-state index in [0.29, 0.717) is 59.3 Å². The second-order valence-corrected chi connectivity index (χ2v) is 18.7. The number of allylic oxidation sites excluding steroid dienone is 2. The Morgan fingerprint density at radius 2 is 0.969 bits per heavy atom. The molecule has 7 rings (SSSR count). The number of rotatable bonds is 6. The van der Waals surface area contributed by atoms with Gasteiger partial charge in [0.25, 0.3) is 0 Å². The highest BCUT2D eigenvalue weighted by atomic mass is 16.5. The van der Waals surface area contributed by atoms with E-state index in [1.807, 2.05) is 52.0 Å². The van der Waals surface area contributed by atoms with Crippen LogP contribution in [-0.2, 0) is 49.7 Å². The van der Waals surface area contributed by atoms with Gasteiger partial charge in [0.15, 0.2) is 23.1 Å². The molecule has 13 heteroatoms. The summed E-state index contributed by atoms with van der Waals surface area (Å²) in [6.07, 6.45) is 3.80. The summed E-state index contributed by atoms with van der Waals surface area (Å²) in [6, 6.07) is 26.6. The third kappa shape index (κ3) is 14.7. The summed E-state index contributed by atoms with van der Waals surface area (Å²) in [5.41, 5.74) is 5.08. The highest BCUT2D eigenvalue weighted by molar-refractivity contribution is 6.22. The van der Waals surface area contributed by atoms with Gasteiger partial charge in [-0.15, -0.1) is 0 Å². The van der Waals surface area contributed by atoms with E-state index >= 15 is 0 Å². The fourth-order valence-electron chi connectivity index (χ4n) is 7.75. The van der Waals surface area contributed by atoms with Gasteiger partial charge >= 0.3 is 5.97 Å². The lowest BCUT2D eigenvalue weighted by molar-refractivity contribution is -0.136. The van der Waals surface area contributed by atoms with Gasteiger partial charge < -0.3 is 14.7 Å². The summed E-state index contributed by atoms with van der Waals surface area (Å²) >= 11 is 0. The first kappa shape index (κ1) is 49.4. The van der Waals surface area contributed by atoms with Crippen LogP contribution in [0.25, 0.3) is 0 Å². The van der Waals surface area contributed by atoms with Crippen molar-refractivity contribution in [2.75, 3.05) is 0 Å². The maximum Gasteiger partial charge on any atom is 0.307 e. The fraction of sp³-hybridized carbons (Fsp3) is 0.373. The molecule has 0 spiro atoms. The maximum atomic E-state index is 12.3. The quantitative estimate of drug-likeness (QED) is 0.0799. The average molecular weight is 865 g/mol. The number of ketones is 5. The minimum absolute atomic E-state index is 0.00566. The number of aliphatic carboxylic acids is 1. The van der Waals surface area contributed by atoms with Gasteiger partial charge in [0.05, 0.1) is 64.6 Å². The number of carbonyl (C=O) groups is 6. The number of hydrogen-bond donors (Lipinski definition) is 2. The number of carboxylic acid groups (broad SMARTS) is 1. The van der Waals surface area contributed by atoms with E-state index in [9.17, 15) is 33.9 Å². The van der Waals surface area contributed by atoms with Crippen molar-refractivity contribution in [3.8, 4) is 18.2 Å². The molecule has 2 fully saturated rings. The highest BCUT2D eigenvalue weighted by Gasteiger charge is 2.38. The first-order valence-electron chi connectivity index (χ1n) is 20.7. The van der Waals surface area contributed by atoms with Crippen LogP contribution in [0.2, 0.25) is 0 Å². The van der Waals surface area contributed by atoms with Gasteiger partial charge in [-0.25, -0.2) is 0 Å². The second kappa shape index (κ2) is 21.2. The Morgan fingerprint density at radius 1 is 0.578 bits per heavy atom. The highest BCUT2D eigenvalue weighted by Crippen LogP contribution is 2.37.